The third-order valence-corrected chi connectivity index (χ3v) is 4.12. The van der Waals surface area contributed by atoms with Crippen LogP contribution < -0.4 is 10.9 Å². The Hall–Kier alpha value is -4.69. The van der Waals surface area contributed by atoms with Gasteiger partial charge in [0.05, 0.1) is 6.20 Å². The molecule has 0 atom stereocenters. The number of hydrogen-bond acceptors (Lipinski definition) is 7. The average molecular weight is 380 g/mol. The number of nitrogens with zero attached hydrogens (tertiary/aromatic N) is 5. The van der Waals surface area contributed by atoms with Crippen LogP contribution in [0.15, 0.2) is 81.8 Å². The van der Waals surface area contributed by atoms with Gasteiger partial charge in [0.1, 0.15) is 29.0 Å². The Morgan fingerprint density at radius 1 is 1.10 bits per heavy atom. The Morgan fingerprint density at radius 2 is 1.90 bits per heavy atom. The van der Waals surface area contributed by atoms with Crippen molar-refractivity contribution in [1.29, 1.82) is 10.5 Å². The second-order valence-electron chi connectivity index (χ2n) is 5.98. The molecule has 0 bridgehead atoms. The SMILES string of the molecule is N#CC(C#N)=CNc1ccc2cc(-n3ncc(-c4ccccc4)n3)c(=O)oc2c1. The summed E-state index contributed by atoms with van der Waals surface area (Å²) in [5.74, 6) is 0. The number of rotatable bonds is 4. The van der Waals surface area contributed by atoms with E-state index in [1.807, 2.05) is 30.3 Å². The molecule has 0 aliphatic rings. The molecule has 0 amide bonds. The minimum Gasteiger partial charge on any atom is -0.421 e. The smallest absolute Gasteiger partial charge is 0.364 e. The van der Waals surface area contributed by atoms with Crippen molar-refractivity contribution in [3.8, 4) is 29.1 Å². The second-order valence-corrected chi connectivity index (χ2v) is 5.98. The summed E-state index contributed by atoms with van der Waals surface area (Å²) in [5, 5.41) is 29.6. The molecule has 4 aromatic rings. The normalized spacial score (nSPS) is 10.1. The zero-order valence-corrected chi connectivity index (χ0v) is 14.9. The van der Waals surface area contributed by atoms with Crippen molar-refractivity contribution in [3.05, 3.63) is 83.0 Å². The fraction of sp³-hybridized carbons (Fsp3) is 0. The van der Waals surface area contributed by atoms with Crippen LogP contribution in [0.5, 0.6) is 0 Å². The van der Waals surface area contributed by atoms with Gasteiger partial charge in [0.25, 0.3) is 0 Å². The van der Waals surface area contributed by atoms with Crippen molar-refractivity contribution in [3.63, 3.8) is 0 Å². The summed E-state index contributed by atoms with van der Waals surface area (Å²) in [7, 11) is 0. The molecule has 2 heterocycles. The molecule has 0 spiro atoms. The molecule has 0 radical (unpaired) electrons. The first-order chi connectivity index (χ1) is 14.2. The van der Waals surface area contributed by atoms with Gasteiger partial charge in [0.15, 0.2) is 5.69 Å². The lowest BCUT2D eigenvalue weighted by Crippen LogP contribution is -2.12. The van der Waals surface area contributed by atoms with Crippen LogP contribution in [-0.4, -0.2) is 15.0 Å². The van der Waals surface area contributed by atoms with Crippen LogP contribution in [0.4, 0.5) is 5.69 Å². The third-order valence-electron chi connectivity index (χ3n) is 4.12. The first kappa shape index (κ1) is 17.7. The van der Waals surface area contributed by atoms with Gasteiger partial charge in [-0.15, -0.1) is 9.90 Å². The summed E-state index contributed by atoms with van der Waals surface area (Å²) in [4.78, 5) is 13.7. The Bertz CT molecular complexity index is 1350. The van der Waals surface area contributed by atoms with Crippen molar-refractivity contribution < 1.29 is 4.42 Å². The Morgan fingerprint density at radius 3 is 2.66 bits per heavy atom. The summed E-state index contributed by atoms with van der Waals surface area (Å²) in [5.41, 5.74) is 1.99. The number of aromatic nitrogens is 3. The third kappa shape index (κ3) is 3.59. The highest BCUT2D eigenvalue weighted by molar-refractivity contribution is 5.82. The van der Waals surface area contributed by atoms with Crippen LogP contribution in [-0.2, 0) is 0 Å². The van der Waals surface area contributed by atoms with Gasteiger partial charge in [-0.1, -0.05) is 30.3 Å². The van der Waals surface area contributed by atoms with E-state index in [1.165, 1.54) is 11.0 Å². The lowest BCUT2D eigenvalue weighted by Gasteiger charge is -2.04. The molecule has 4 rings (SSSR count). The maximum atomic E-state index is 12.5. The summed E-state index contributed by atoms with van der Waals surface area (Å²) < 4.78 is 5.42. The van der Waals surface area contributed by atoms with Gasteiger partial charge in [-0.05, 0) is 18.2 Å². The first-order valence-electron chi connectivity index (χ1n) is 8.51. The highest BCUT2D eigenvalue weighted by Gasteiger charge is 2.12. The molecule has 0 aliphatic heterocycles. The molecule has 0 unspecified atom stereocenters. The molecule has 0 saturated heterocycles. The number of nitriles is 2. The fourth-order valence-electron chi connectivity index (χ4n) is 2.69. The molecular formula is C21H12N6O2. The van der Waals surface area contributed by atoms with Gasteiger partial charge in [-0.25, -0.2) is 4.79 Å². The quantitative estimate of drug-likeness (QED) is 0.425. The second kappa shape index (κ2) is 7.51. The minimum atomic E-state index is -0.588. The molecule has 2 aromatic heterocycles. The fourth-order valence-corrected chi connectivity index (χ4v) is 2.69. The van der Waals surface area contributed by atoms with Crippen molar-refractivity contribution >= 4 is 16.7 Å². The standard InChI is InChI=1S/C21H12N6O2/c22-10-14(11-23)12-24-17-7-6-16-8-19(21(28)29-20(16)9-17)27-25-13-18(26-27)15-4-2-1-3-5-15/h1-9,12-13,24H. The lowest BCUT2D eigenvalue weighted by atomic mass is 10.2. The highest BCUT2D eigenvalue weighted by atomic mass is 16.4. The summed E-state index contributed by atoms with van der Waals surface area (Å²) >= 11 is 0. The van der Waals surface area contributed by atoms with Crippen LogP contribution in [0.3, 0.4) is 0 Å². The topological polar surface area (TPSA) is 121 Å². The Balaban J connectivity index is 1.68. The van der Waals surface area contributed by atoms with Gasteiger partial charge in [0.2, 0.25) is 0 Å². The molecular weight excluding hydrogens is 368 g/mol. The maximum Gasteiger partial charge on any atom is 0.364 e. The number of fused-ring (bicyclic) bond motifs is 1. The number of nitrogens with one attached hydrogen (secondary N) is 1. The maximum absolute atomic E-state index is 12.5. The molecule has 138 valence electrons. The molecule has 2 aromatic carbocycles. The van der Waals surface area contributed by atoms with E-state index >= 15 is 0 Å². The van der Waals surface area contributed by atoms with Crippen LogP contribution in [0.25, 0.3) is 27.9 Å². The van der Waals surface area contributed by atoms with Crippen molar-refractivity contribution in [1.82, 2.24) is 15.0 Å². The predicted molar refractivity (Wildman–Crippen MR) is 106 cm³/mol. The van der Waals surface area contributed by atoms with E-state index in [9.17, 15) is 4.79 Å². The zero-order chi connectivity index (χ0) is 20.2. The van der Waals surface area contributed by atoms with E-state index < -0.39 is 5.63 Å². The molecule has 0 fully saturated rings. The average Bonchev–Trinajstić information content (AvgIpc) is 3.24. The Kier molecular flexibility index (Phi) is 4.59. The van der Waals surface area contributed by atoms with Gasteiger partial charge >= 0.3 is 5.63 Å². The summed E-state index contributed by atoms with van der Waals surface area (Å²) in [6.45, 7) is 0. The lowest BCUT2D eigenvalue weighted by molar-refractivity contribution is 0.546. The van der Waals surface area contributed by atoms with Crippen molar-refractivity contribution in [2.24, 2.45) is 0 Å². The molecule has 8 nitrogen and oxygen atoms in total. The Labute approximate surface area is 164 Å². The van der Waals surface area contributed by atoms with E-state index in [2.05, 4.69) is 15.5 Å². The van der Waals surface area contributed by atoms with Gasteiger partial charge < -0.3 is 9.73 Å². The first-order valence-corrected chi connectivity index (χ1v) is 8.51. The predicted octanol–water partition coefficient (Wildman–Crippen LogP) is 3.38. The monoisotopic (exact) mass is 380 g/mol. The van der Waals surface area contributed by atoms with E-state index in [-0.39, 0.29) is 11.3 Å². The number of anilines is 1. The van der Waals surface area contributed by atoms with Gasteiger partial charge in [0, 0.05) is 28.9 Å². The van der Waals surface area contributed by atoms with E-state index in [0.717, 1.165) is 5.56 Å². The van der Waals surface area contributed by atoms with Crippen LogP contribution in [0, 0.1) is 22.7 Å². The molecule has 8 heteroatoms. The van der Waals surface area contributed by atoms with Crippen LogP contribution in [0.2, 0.25) is 0 Å². The molecule has 1 N–H and O–H groups in total. The minimum absolute atomic E-state index is 0.0686. The summed E-state index contributed by atoms with van der Waals surface area (Å²) in [6, 6.07) is 19.8. The number of hydrogen-bond donors (Lipinski definition) is 1. The van der Waals surface area contributed by atoms with E-state index in [0.29, 0.717) is 22.4 Å². The van der Waals surface area contributed by atoms with Crippen molar-refractivity contribution in [2.45, 2.75) is 0 Å². The number of benzene rings is 2. The van der Waals surface area contributed by atoms with Crippen molar-refractivity contribution in [2.75, 3.05) is 5.32 Å². The summed E-state index contributed by atoms with van der Waals surface area (Å²) in [6.07, 6.45) is 2.87. The molecule has 0 saturated carbocycles. The highest BCUT2D eigenvalue weighted by Crippen LogP contribution is 2.21. The van der Waals surface area contributed by atoms with E-state index in [4.69, 9.17) is 14.9 Å². The number of allylic oxidation sites excluding steroid dienone is 1. The van der Waals surface area contributed by atoms with Crippen LogP contribution >= 0.6 is 0 Å². The molecule has 0 aliphatic carbocycles. The zero-order valence-electron chi connectivity index (χ0n) is 14.9. The van der Waals surface area contributed by atoms with Crippen LogP contribution in [0.1, 0.15) is 0 Å². The molecule has 29 heavy (non-hydrogen) atoms. The van der Waals surface area contributed by atoms with Gasteiger partial charge in [-0.3, -0.25) is 0 Å². The van der Waals surface area contributed by atoms with E-state index in [1.54, 1.807) is 42.6 Å². The van der Waals surface area contributed by atoms with Gasteiger partial charge in [-0.2, -0.15) is 15.6 Å². The largest absolute Gasteiger partial charge is 0.421 e.